The molecule has 1 N–H and O–H groups in total. The zero-order chi connectivity index (χ0) is 23.3. The number of carbonyl (C=O) groups excluding carboxylic acids is 3. The third-order valence-corrected chi connectivity index (χ3v) is 6.20. The van der Waals surface area contributed by atoms with Crippen molar-refractivity contribution < 1.29 is 28.6 Å². The van der Waals surface area contributed by atoms with Crippen LogP contribution in [0.25, 0.3) is 0 Å². The van der Waals surface area contributed by atoms with Gasteiger partial charge in [0.25, 0.3) is 0 Å². The summed E-state index contributed by atoms with van der Waals surface area (Å²) in [5, 5.41) is 3.20. The van der Waals surface area contributed by atoms with Gasteiger partial charge in [-0.1, -0.05) is 58.4 Å². The number of benzene rings is 2. The molecule has 0 radical (unpaired) electrons. The molecule has 1 aliphatic heterocycles. The van der Waals surface area contributed by atoms with Gasteiger partial charge in [-0.05, 0) is 37.1 Å². The molecular formula is C24H26BrNO6. The number of ether oxygens (including phenoxy) is 3. The van der Waals surface area contributed by atoms with E-state index in [9.17, 15) is 14.4 Å². The van der Waals surface area contributed by atoms with Crippen LogP contribution in [0.3, 0.4) is 0 Å². The third-order valence-electron chi connectivity index (χ3n) is 5.67. The topological polar surface area (TPSA) is 90.9 Å². The number of nitrogens with one attached hydrogen (secondary N) is 1. The van der Waals surface area contributed by atoms with Crippen molar-refractivity contribution in [1.82, 2.24) is 5.32 Å². The molecule has 1 fully saturated rings. The summed E-state index contributed by atoms with van der Waals surface area (Å²) in [6.07, 6.45) is 0. The van der Waals surface area contributed by atoms with E-state index in [0.29, 0.717) is 11.1 Å². The number of halogens is 1. The molecule has 8 heteroatoms. The van der Waals surface area contributed by atoms with Gasteiger partial charge in [-0.3, -0.25) is 19.7 Å². The van der Waals surface area contributed by atoms with Gasteiger partial charge in [0.2, 0.25) is 0 Å². The van der Waals surface area contributed by atoms with Crippen molar-refractivity contribution in [1.29, 1.82) is 0 Å². The summed E-state index contributed by atoms with van der Waals surface area (Å²) >= 11 is 3.41. The first kappa shape index (κ1) is 23.9. The molecule has 2 aromatic carbocycles. The molecule has 0 saturated carbocycles. The van der Waals surface area contributed by atoms with Gasteiger partial charge in [0.15, 0.2) is 5.41 Å². The van der Waals surface area contributed by atoms with E-state index in [1.807, 2.05) is 6.07 Å². The Labute approximate surface area is 195 Å². The van der Waals surface area contributed by atoms with Gasteiger partial charge in [-0.15, -0.1) is 0 Å². The maximum Gasteiger partial charge on any atom is 0.326 e. The molecule has 0 aromatic heterocycles. The van der Waals surface area contributed by atoms with Gasteiger partial charge in [-0.2, -0.15) is 0 Å². The Balaban J connectivity index is 2.33. The first-order valence-electron chi connectivity index (χ1n) is 10.4. The van der Waals surface area contributed by atoms with Gasteiger partial charge < -0.3 is 14.2 Å². The summed E-state index contributed by atoms with van der Waals surface area (Å²) in [6.45, 7) is 3.47. The smallest absolute Gasteiger partial charge is 0.326 e. The van der Waals surface area contributed by atoms with Crippen LogP contribution in [-0.4, -0.2) is 44.3 Å². The highest BCUT2D eigenvalue weighted by molar-refractivity contribution is 9.10. The average molecular weight is 504 g/mol. The Kier molecular flexibility index (Phi) is 7.69. The second-order valence-electron chi connectivity index (χ2n) is 7.35. The highest BCUT2D eigenvalue weighted by atomic mass is 79.9. The van der Waals surface area contributed by atoms with Gasteiger partial charge in [-0.25, -0.2) is 0 Å². The van der Waals surface area contributed by atoms with Crippen molar-refractivity contribution in [2.24, 2.45) is 5.41 Å². The summed E-state index contributed by atoms with van der Waals surface area (Å²) in [7, 11) is 1.27. The fraction of sp³-hybridized carbons (Fsp3) is 0.375. The minimum Gasteiger partial charge on any atom is -0.468 e. The Hall–Kier alpha value is -2.71. The molecule has 1 saturated heterocycles. The third kappa shape index (κ3) is 4.17. The van der Waals surface area contributed by atoms with Crippen LogP contribution in [0.2, 0.25) is 0 Å². The Morgan fingerprint density at radius 2 is 1.47 bits per heavy atom. The van der Waals surface area contributed by atoms with Crippen molar-refractivity contribution in [3.8, 4) is 0 Å². The van der Waals surface area contributed by atoms with E-state index in [1.165, 1.54) is 7.11 Å². The summed E-state index contributed by atoms with van der Waals surface area (Å²) in [5.41, 5.74) is -0.585. The number of rotatable bonds is 7. The molecule has 1 aliphatic rings. The molecule has 7 nitrogen and oxygen atoms in total. The standard InChI is InChI=1S/C24H26BrNO6/c1-4-31-22(28)24(23(29)32-5-2)18(15-9-7-6-8-10-15)19(21(27)30-3)26-20(24)16-11-13-17(25)14-12-16/h6-14,18-20,26H,4-5H2,1-3H3/t18-,19+,20+/m1/s1. The molecule has 0 bridgehead atoms. The fourth-order valence-corrected chi connectivity index (χ4v) is 4.65. The number of methoxy groups -OCH3 is 1. The van der Waals surface area contributed by atoms with Gasteiger partial charge in [0.05, 0.1) is 26.4 Å². The number of carbonyl (C=O) groups is 3. The molecule has 170 valence electrons. The lowest BCUT2D eigenvalue weighted by atomic mass is 9.66. The lowest BCUT2D eigenvalue weighted by Gasteiger charge is -2.35. The first-order chi connectivity index (χ1) is 15.4. The predicted octanol–water partition coefficient (Wildman–Crippen LogP) is 3.53. The van der Waals surface area contributed by atoms with Crippen LogP contribution in [0.5, 0.6) is 0 Å². The molecule has 1 heterocycles. The van der Waals surface area contributed by atoms with E-state index in [-0.39, 0.29) is 13.2 Å². The van der Waals surface area contributed by atoms with E-state index >= 15 is 0 Å². The second-order valence-corrected chi connectivity index (χ2v) is 8.27. The van der Waals surface area contributed by atoms with Crippen LogP contribution >= 0.6 is 15.9 Å². The normalized spacial score (nSPS) is 21.6. The zero-order valence-corrected chi connectivity index (χ0v) is 19.8. The second kappa shape index (κ2) is 10.3. The van der Waals surface area contributed by atoms with Crippen LogP contribution in [0.15, 0.2) is 59.1 Å². The largest absolute Gasteiger partial charge is 0.468 e. The predicted molar refractivity (Wildman–Crippen MR) is 121 cm³/mol. The van der Waals surface area contributed by atoms with Crippen LogP contribution in [0.4, 0.5) is 0 Å². The van der Waals surface area contributed by atoms with Gasteiger partial charge in [0.1, 0.15) is 6.04 Å². The van der Waals surface area contributed by atoms with Crippen LogP contribution < -0.4 is 5.32 Å². The van der Waals surface area contributed by atoms with Crippen molar-refractivity contribution in [2.75, 3.05) is 20.3 Å². The quantitative estimate of drug-likeness (QED) is 0.351. The van der Waals surface area contributed by atoms with Crippen LogP contribution in [0, 0.1) is 5.41 Å². The highest BCUT2D eigenvalue weighted by Gasteiger charge is 2.69. The Bertz CT molecular complexity index is 944. The minimum atomic E-state index is -1.85. The summed E-state index contributed by atoms with van der Waals surface area (Å²) < 4.78 is 16.8. The van der Waals surface area contributed by atoms with E-state index < -0.39 is 41.3 Å². The van der Waals surface area contributed by atoms with E-state index in [1.54, 1.807) is 62.4 Å². The number of hydrogen-bond acceptors (Lipinski definition) is 7. The maximum absolute atomic E-state index is 13.7. The van der Waals surface area contributed by atoms with Gasteiger partial charge in [0, 0.05) is 10.4 Å². The molecular weight excluding hydrogens is 478 g/mol. The average Bonchev–Trinajstić information content (AvgIpc) is 3.17. The van der Waals surface area contributed by atoms with Gasteiger partial charge >= 0.3 is 17.9 Å². The number of esters is 3. The monoisotopic (exact) mass is 503 g/mol. The van der Waals surface area contributed by atoms with E-state index in [2.05, 4.69) is 21.2 Å². The minimum absolute atomic E-state index is 0.0669. The Morgan fingerprint density at radius 3 is 1.97 bits per heavy atom. The first-order valence-corrected chi connectivity index (χ1v) is 11.2. The highest BCUT2D eigenvalue weighted by Crippen LogP contribution is 2.55. The molecule has 0 spiro atoms. The molecule has 3 rings (SSSR count). The maximum atomic E-state index is 13.7. The van der Waals surface area contributed by atoms with Crippen molar-refractivity contribution >= 4 is 33.8 Å². The lowest BCUT2D eigenvalue weighted by Crippen LogP contribution is -2.49. The lowest BCUT2D eigenvalue weighted by molar-refractivity contribution is -0.174. The van der Waals surface area contributed by atoms with Crippen LogP contribution in [0.1, 0.15) is 36.9 Å². The van der Waals surface area contributed by atoms with Crippen molar-refractivity contribution in [2.45, 2.75) is 31.8 Å². The van der Waals surface area contributed by atoms with E-state index in [4.69, 9.17) is 14.2 Å². The molecule has 2 aromatic rings. The SMILES string of the molecule is CCOC(=O)C1(C(=O)OCC)[C@H](c2ccccc2)[C@@H](C(=O)OC)N[C@H]1c1ccc(Br)cc1. The molecule has 3 atom stereocenters. The Morgan fingerprint density at radius 1 is 0.906 bits per heavy atom. The fourth-order valence-electron chi connectivity index (χ4n) is 4.38. The molecule has 0 amide bonds. The number of hydrogen-bond donors (Lipinski definition) is 1. The zero-order valence-electron chi connectivity index (χ0n) is 18.2. The van der Waals surface area contributed by atoms with Crippen LogP contribution in [-0.2, 0) is 28.6 Å². The summed E-state index contributed by atoms with van der Waals surface area (Å²) in [4.78, 5) is 40.2. The van der Waals surface area contributed by atoms with E-state index in [0.717, 1.165) is 4.47 Å². The van der Waals surface area contributed by atoms with Crippen molar-refractivity contribution in [3.63, 3.8) is 0 Å². The van der Waals surface area contributed by atoms with Crippen molar-refractivity contribution in [3.05, 3.63) is 70.2 Å². The summed E-state index contributed by atoms with van der Waals surface area (Å²) in [6, 6.07) is 14.3. The molecule has 0 aliphatic carbocycles. The summed E-state index contributed by atoms with van der Waals surface area (Å²) in [5.74, 6) is -3.00. The molecule has 0 unspecified atom stereocenters. The molecule has 32 heavy (non-hydrogen) atoms.